The molecule has 1 aromatic heterocycles. The number of nitrogens with zero attached hydrogens (tertiary/aromatic N) is 2. The maximum absolute atomic E-state index is 12.6. The second-order valence-electron chi connectivity index (χ2n) is 5.96. The van der Waals surface area contributed by atoms with Crippen LogP contribution in [0.4, 0.5) is 5.69 Å². The number of carbonyl (C=O) groups excluding carboxylic acids is 1. The quantitative estimate of drug-likeness (QED) is 0.795. The van der Waals surface area contributed by atoms with E-state index < -0.39 is 16.0 Å². The van der Waals surface area contributed by atoms with Crippen LogP contribution in [-0.2, 0) is 27.7 Å². The molecule has 0 saturated carbocycles. The summed E-state index contributed by atoms with van der Waals surface area (Å²) in [5.41, 5.74) is 2.96. The van der Waals surface area contributed by atoms with Crippen LogP contribution in [0.5, 0.6) is 0 Å². The number of anilines is 1. The summed E-state index contributed by atoms with van der Waals surface area (Å²) >= 11 is 0. The minimum absolute atomic E-state index is 0.0540. The Morgan fingerprint density at radius 2 is 2.04 bits per heavy atom. The Morgan fingerprint density at radius 3 is 2.67 bits per heavy atom. The molecule has 130 valence electrons. The molecule has 0 spiro atoms. The number of aromatic nitrogens is 1. The Labute approximate surface area is 142 Å². The van der Waals surface area contributed by atoms with E-state index in [4.69, 9.17) is 4.74 Å². The smallest absolute Gasteiger partial charge is 0.337 e. The van der Waals surface area contributed by atoms with Crippen molar-refractivity contribution in [2.24, 2.45) is 0 Å². The minimum atomic E-state index is -3.41. The van der Waals surface area contributed by atoms with Gasteiger partial charge >= 0.3 is 5.97 Å². The van der Waals surface area contributed by atoms with Crippen molar-refractivity contribution >= 4 is 32.6 Å². The highest BCUT2D eigenvalue weighted by Gasteiger charge is 2.29. The number of carbonyl (C=O) groups is 1. The van der Waals surface area contributed by atoms with Crippen molar-refractivity contribution < 1.29 is 17.9 Å². The molecule has 2 aromatic rings. The van der Waals surface area contributed by atoms with E-state index in [2.05, 4.69) is 6.92 Å². The van der Waals surface area contributed by atoms with Gasteiger partial charge in [-0.3, -0.25) is 4.31 Å². The SMILES string of the molecule is CCCc1cn2c3c(cc(C(=O)OC)cc13)N(CC)S(=O)(=O)CC2. The van der Waals surface area contributed by atoms with Gasteiger partial charge in [0.25, 0.3) is 0 Å². The van der Waals surface area contributed by atoms with Crippen LogP contribution in [0, 0.1) is 0 Å². The highest BCUT2D eigenvalue weighted by molar-refractivity contribution is 7.92. The van der Waals surface area contributed by atoms with Crippen LogP contribution >= 0.6 is 0 Å². The van der Waals surface area contributed by atoms with Gasteiger partial charge in [0.1, 0.15) is 0 Å². The lowest BCUT2D eigenvalue weighted by atomic mass is 10.0. The summed E-state index contributed by atoms with van der Waals surface area (Å²) in [6.07, 6.45) is 3.88. The summed E-state index contributed by atoms with van der Waals surface area (Å²) in [7, 11) is -2.08. The second-order valence-corrected chi connectivity index (χ2v) is 7.97. The lowest BCUT2D eigenvalue weighted by molar-refractivity contribution is 0.0601. The van der Waals surface area contributed by atoms with Crippen LogP contribution in [0.3, 0.4) is 0 Å². The minimum Gasteiger partial charge on any atom is -0.465 e. The summed E-state index contributed by atoms with van der Waals surface area (Å²) in [5.74, 6) is -0.403. The third kappa shape index (κ3) is 2.56. The number of methoxy groups -OCH3 is 1. The summed E-state index contributed by atoms with van der Waals surface area (Å²) in [6.45, 7) is 4.66. The molecule has 0 N–H and O–H groups in total. The van der Waals surface area contributed by atoms with E-state index in [1.807, 2.05) is 16.8 Å². The summed E-state index contributed by atoms with van der Waals surface area (Å²) < 4.78 is 33.4. The Morgan fingerprint density at radius 1 is 1.29 bits per heavy atom. The first kappa shape index (κ1) is 16.8. The van der Waals surface area contributed by atoms with E-state index in [0.29, 0.717) is 24.3 Å². The fraction of sp³-hybridized carbons (Fsp3) is 0.471. The van der Waals surface area contributed by atoms with Gasteiger partial charge in [0.2, 0.25) is 10.0 Å². The van der Waals surface area contributed by atoms with Gasteiger partial charge in [-0.25, -0.2) is 13.2 Å². The van der Waals surface area contributed by atoms with Crippen molar-refractivity contribution in [1.29, 1.82) is 0 Å². The topological polar surface area (TPSA) is 68.6 Å². The standard InChI is InChI=1S/C17H22N2O4S/c1-4-6-12-11-18-7-8-24(21,22)19(5-2)15-10-13(17(20)23-3)9-14(12)16(15)18/h9-11H,4-8H2,1-3H3. The lowest BCUT2D eigenvalue weighted by Crippen LogP contribution is -2.32. The molecule has 1 aromatic carbocycles. The molecule has 0 fully saturated rings. The summed E-state index contributed by atoms with van der Waals surface area (Å²) in [5, 5.41) is 0.935. The summed E-state index contributed by atoms with van der Waals surface area (Å²) in [4.78, 5) is 12.1. The van der Waals surface area contributed by atoms with Crippen molar-refractivity contribution in [2.75, 3.05) is 23.7 Å². The second kappa shape index (κ2) is 6.12. The normalized spacial score (nSPS) is 16.2. The van der Waals surface area contributed by atoms with Crippen molar-refractivity contribution in [3.05, 3.63) is 29.5 Å². The molecule has 0 aliphatic carbocycles. The summed E-state index contributed by atoms with van der Waals surface area (Å²) in [6, 6.07) is 3.45. The van der Waals surface area contributed by atoms with Gasteiger partial charge in [0.15, 0.2) is 0 Å². The Balaban J connectivity index is 2.37. The monoisotopic (exact) mass is 350 g/mol. The van der Waals surface area contributed by atoms with Gasteiger partial charge in [-0.1, -0.05) is 13.3 Å². The van der Waals surface area contributed by atoms with Gasteiger partial charge in [0, 0.05) is 24.7 Å². The van der Waals surface area contributed by atoms with E-state index in [1.54, 1.807) is 13.0 Å². The molecule has 0 saturated heterocycles. The number of aryl methyl sites for hydroxylation is 2. The first-order valence-electron chi connectivity index (χ1n) is 8.17. The van der Waals surface area contributed by atoms with Gasteiger partial charge in [-0.05, 0) is 31.0 Å². The molecule has 24 heavy (non-hydrogen) atoms. The first-order valence-corrected chi connectivity index (χ1v) is 9.78. The number of benzene rings is 1. The van der Waals surface area contributed by atoms with Crippen molar-refractivity contribution in [2.45, 2.75) is 33.2 Å². The molecular weight excluding hydrogens is 328 g/mol. The molecule has 0 atom stereocenters. The van der Waals surface area contributed by atoms with Gasteiger partial charge in [-0.2, -0.15) is 0 Å². The van der Waals surface area contributed by atoms with Crippen LogP contribution in [0.2, 0.25) is 0 Å². The van der Waals surface area contributed by atoms with Gasteiger partial charge < -0.3 is 9.30 Å². The number of sulfonamides is 1. The van der Waals surface area contributed by atoms with Crippen LogP contribution in [0.1, 0.15) is 36.2 Å². The number of ether oxygens (including phenoxy) is 1. The molecule has 6 nitrogen and oxygen atoms in total. The molecule has 0 unspecified atom stereocenters. The average Bonchev–Trinajstić information content (AvgIpc) is 2.85. The zero-order valence-corrected chi connectivity index (χ0v) is 15.0. The number of esters is 1. The lowest BCUT2D eigenvalue weighted by Gasteiger charge is -2.22. The Kier molecular flexibility index (Phi) is 4.29. The van der Waals surface area contributed by atoms with Gasteiger partial charge in [0.05, 0.1) is 29.6 Å². The number of rotatable bonds is 4. The Bertz CT molecular complexity index is 899. The van der Waals surface area contributed by atoms with E-state index in [1.165, 1.54) is 11.4 Å². The van der Waals surface area contributed by atoms with E-state index in [-0.39, 0.29) is 5.75 Å². The van der Waals surface area contributed by atoms with E-state index in [0.717, 1.165) is 29.3 Å². The van der Waals surface area contributed by atoms with Crippen molar-refractivity contribution in [3.63, 3.8) is 0 Å². The maximum Gasteiger partial charge on any atom is 0.337 e. The van der Waals surface area contributed by atoms with E-state index in [9.17, 15) is 13.2 Å². The van der Waals surface area contributed by atoms with Crippen LogP contribution < -0.4 is 4.31 Å². The highest BCUT2D eigenvalue weighted by atomic mass is 32.2. The largest absolute Gasteiger partial charge is 0.465 e. The fourth-order valence-corrected chi connectivity index (χ4v) is 4.88. The maximum atomic E-state index is 12.6. The first-order chi connectivity index (χ1) is 11.4. The molecule has 1 aliphatic rings. The molecule has 0 radical (unpaired) electrons. The molecular formula is C17H22N2O4S. The molecule has 3 rings (SSSR count). The number of hydrogen-bond acceptors (Lipinski definition) is 4. The van der Waals surface area contributed by atoms with Crippen LogP contribution in [-0.4, -0.2) is 38.4 Å². The average molecular weight is 350 g/mol. The zero-order chi connectivity index (χ0) is 17.5. The molecule has 1 aliphatic heterocycles. The van der Waals surface area contributed by atoms with Crippen molar-refractivity contribution in [1.82, 2.24) is 4.57 Å². The van der Waals surface area contributed by atoms with Crippen molar-refractivity contribution in [3.8, 4) is 0 Å². The van der Waals surface area contributed by atoms with Gasteiger partial charge in [-0.15, -0.1) is 0 Å². The third-order valence-electron chi connectivity index (χ3n) is 4.46. The molecule has 2 heterocycles. The van der Waals surface area contributed by atoms with Crippen LogP contribution in [0.25, 0.3) is 10.9 Å². The predicted molar refractivity (Wildman–Crippen MR) is 94.1 cm³/mol. The predicted octanol–water partition coefficient (Wildman–Crippen LogP) is 2.55. The highest BCUT2D eigenvalue weighted by Crippen LogP contribution is 2.36. The Hall–Kier alpha value is -2.02. The number of hydrogen-bond donors (Lipinski definition) is 0. The third-order valence-corrected chi connectivity index (χ3v) is 6.28. The molecule has 7 heteroatoms. The van der Waals surface area contributed by atoms with E-state index >= 15 is 0 Å². The molecule has 0 amide bonds. The zero-order valence-electron chi connectivity index (χ0n) is 14.2. The molecule has 0 bridgehead atoms. The fourth-order valence-electron chi connectivity index (χ4n) is 3.40. The van der Waals surface area contributed by atoms with Crippen LogP contribution in [0.15, 0.2) is 18.3 Å².